The number of amides is 1. The fraction of sp³-hybridized carbons (Fsp3) is 0.375. The Morgan fingerprint density at radius 1 is 1.15 bits per heavy atom. The fourth-order valence-electron chi connectivity index (χ4n) is 3.89. The normalized spacial score (nSPS) is 17.7. The molecule has 3 N–H and O–H groups in total. The molecule has 34 heavy (non-hydrogen) atoms. The maximum atomic E-state index is 12.1. The van der Waals surface area contributed by atoms with Gasteiger partial charge < -0.3 is 20.5 Å². The molecule has 1 amide bonds. The number of aryl methyl sites for hydroxylation is 1. The lowest BCUT2D eigenvalue weighted by atomic mass is 9.82. The number of nitrogens with one attached hydrogen (secondary N) is 2. The van der Waals surface area contributed by atoms with Gasteiger partial charge in [0.25, 0.3) is 0 Å². The lowest BCUT2D eigenvalue weighted by Crippen LogP contribution is -2.32. The van der Waals surface area contributed by atoms with Crippen molar-refractivity contribution in [1.82, 2.24) is 20.3 Å². The molecule has 4 rings (SSSR count). The van der Waals surface area contributed by atoms with Crippen LogP contribution in [0, 0.1) is 18.8 Å². The lowest BCUT2D eigenvalue weighted by molar-refractivity contribution is -0.143. The molecule has 0 unspecified atom stereocenters. The molecule has 3 heterocycles. The van der Waals surface area contributed by atoms with Crippen LogP contribution >= 0.6 is 11.3 Å². The first kappa shape index (κ1) is 23.6. The van der Waals surface area contributed by atoms with Gasteiger partial charge in [-0.2, -0.15) is 0 Å². The van der Waals surface area contributed by atoms with Gasteiger partial charge in [-0.3, -0.25) is 4.79 Å². The highest BCUT2D eigenvalue weighted by Crippen LogP contribution is 2.29. The molecule has 0 radical (unpaired) electrons. The van der Waals surface area contributed by atoms with E-state index >= 15 is 0 Å². The van der Waals surface area contributed by atoms with Crippen LogP contribution in [0.5, 0.6) is 0 Å². The Balaban J connectivity index is 1.25. The Morgan fingerprint density at radius 2 is 1.97 bits per heavy atom. The molecule has 0 atom stereocenters. The van der Waals surface area contributed by atoms with Gasteiger partial charge in [0.1, 0.15) is 23.3 Å². The SMILES string of the molecule is Cc1ccnc(Nc2cccc(-c3cnc(COC(=O)NC[C@H]4CC[C@H](C(=O)O)CC4)s3)n2)c1. The monoisotopic (exact) mass is 481 g/mol. The van der Waals surface area contributed by atoms with E-state index in [2.05, 4.69) is 25.6 Å². The van der Waals surface area contributed by atoms with E-state index in [9.17, 15) is 9.59 Å². The van der Waals surface area contributed by atoms with Crippen molar-refractivity contribution in [2.45, 2.75) is 39.2 Å². The van der Waals surface area contributed by atoms with Gasteiger partial charge in [-0.05, 0) is 68.4 Å². The second-order valence-electron chi connectivity index (χ2n) is 8.38. The van der Waals surface area contributed by atoms with Gasteiger partial charge in [0.05, 0.1) is 16.5 Å². The zero-order valence-corrected chi connectivity index (χ0v) is 19.7. The third-order valence-corrected chi connectivity index (χ3v) is 6.78. The summed E-state index contributed by atoms with van der Waals surface area (Å²) in [4.78, 5) is 37.3. The summed E-state index contributed by atoms with van der Waals surface area (Å²) in [5.41, 5.74) is 1.87. The van der Waals surface area contributed by atoms with Crippen molar-refractivity contribution in [3.8, 4) is 10.6 Å². The highest BCUT2D eigenvalue weighted by atomic mass is 32.1. The van der Waals surface area contributed by atoms with Gasteiger partial charge in [-0.25, -0.2) is 19.7 Å². The number of pyridine rings is 2. The summed E-state index contributed by atoms with van der Waals surface area (Å²) in [6.07, 6.45) is 5.89. The van der Waals surface area contributed by atoms with Crippen molar-refractivity contribution in [3.63, 3.8) is 0 Å². The second-order valence-corrected chi connectivity index (χ2v) is 9.50. The Bertz CT molecular complexity index is 1140. The molecule has 1 saturated carbocycles. The molecule has 178 valence electrons. The van der Waals surface area contributed by atoms with Crippen molar-refractivity contribution in [1.29, 1.82) is 0 Å². The summed E-state index contributed by atoms with van der Waals surface area (Å²) in [5.74, 6) is 0.710. The first-order valence-electron chi connectivity index (χ1n) is 11.2. The van der Waals surface area contributed by atoms with Crippen molar-refractivity contribution in [3.05, 3.63) is 53.3 Å². The average molecular weight is 482 g/mol. The van der Waals surface area contributed by atoms with E-state index in [0.717, 1.165) is 34.8 Å². The summed E-state index contributed by atoms with van der Waals surface area (Å²) in [6.45, 7) is 2.57. The highest BCUT2D eigenvalue weighted by Gasteiger charge is 2.26. The Hall–Kier alpha value is -3.53. The number of alkyl carbamates (subject to hydrolysis) is 1. The Labute approximate surface area is 201 Å². The third kappa shape index (κ3) is 6.50. The molecule has 1 aliphatic carbocycles. The number of carboxylic acid groups (broad SMARTS) is 1. The van der Waals surface area contributed by atoms with E-state index in [-0.39, 0.29) is 18.4 Å². The Kier molecular flexibility index (Phi) is 7.69. The van der Waals surface area contributed by atoms with Crippen LogP contribution in [0.4, 0.5) is 16.4 Å². The first-order valence-corrected chi connectivity index (χ1v) is 12.0. The third-order valence-electron chi connectivity index (χ3n) is 5.78. The van der Waals surface area contributed by atoms with E-state index in [4.69, 9.17) is 9.84 Å². The van der Waals surface area contributed by atoms with Crippen LogP contribution in [0.3, 0.4) is 0 Å². The molecule has 10 heteroatoms. The van der Waals surface area contributed by atoms with Crippen LogP contribution < -0.4 is 10.6 Å². The maximum absolute atomic E-state index is 12.1. The zero-order valence-electron chi connectivity index (χ0n) is 18.9. The van der Waals surface area contributed by atoms with E-state index in [1.54, 1.807) is 12.4 Å². The molecule has 0 bridgehead atoms. The van der Waals surface area contributed by atoms with Gasteiger partial charge in [0.15, 0.2) is 0 Å². The van der Waals surface area contributed by atoms with Gasteiger partial charge >= 0.3 is 12.1 Å². The number of hydrogen-bond acceptors (Lipinski definition) is 8. The largest absolute Gasteiger partial charge is 0.481 e. The molecule has 1 fully saturated rings. The number of anilines is 2. The molecule has 3 aromatic heterocycles. The Morgan fingerprint density at radius 3 is 2.74 bits per heavy atom. The number of thiazole rings is 1. The van der Waals surface area contributed by atoms with Crippen LogP contribution in [0.15, 0.2) is 42.7 Å². The highest BCUT2D eigenvalue weighted by molar-refractivity contribution is 7.15. The molecule has 0 aliphatic heterocycles. The average Bonchev–Trinajstić information content (AvgIpc) is 3.31. The fourth-order valence-corrected chi connectivity index (χ4v) is 4.69. The van der Waals surface area contributed by atoms with E-state index in [1.165, 1.54) is 11.3 Å². The summed E-state index contributed by atoms with van der Waals surface area (Å²) >= 11 is 1.42. The molecule has 3 aromatic rings. The molecule has 0 spiro atoms. The number of ether oxygens (including phenoxy) is 1. The smallest absolute Gasteiger partial charge is 0.407 e. The van der Waals surface area contributed by atoms with Crippen LogP contribution in [0.1, 0.15) is 36.3 Å². The number of rotatable bonds is 8. The van der Waals surface area contributed by atoms with Gasteiger partial charge in [-0.15, -0.1) is 11.3 Å². The number of aromatic nitrogens is 3. The molecule has 0 aromatic carbocycles. The summed E-state index contributed by atoms with van der Waals surface area (Å²) in [7, 11) is 0. The topological polar surface area (TPSA) is 126 Å². The van der Waals surface area contributed by atoms with Crippen molar-refractivity contribution in [2.75, 3.05) is 11.9 Å². The van der Waals surface area contributed by atoms with Crippen molar-refractivity contribution in [2.24, 2.45) is 11.8 Å². The number of carboxylic acids is 1. The number of aliphatic carboxylic acids is 1. The minimum absolute atomic E-state index is 0.0768. The second kappa shape index (κ2) is 11.1. The molecular weight excluding hydrogens is 454 g/mol. The predicted octanol–water partition coefficient (Wildman–Crippen LogP) is 4.77. The van der Waals surface area contributed by atoms with Gasteiger partial charge in [0.2, 0.25) is 0 Å². The van der Waals surface area contributed by atoms with Crippen LogP contribution in [0.2, 0.25) is 0 Å². The van der Waals surface area contributed by atoms with E-state index in [0.29, 0.717) is 30.2 Å². The number of carbonyl (C=O) groups excluding carboxylic acids is 1. The minimum Gasteiger partial charge on any atom is -0.481 e. The summed E-state index contributed by atoms with van der Waals surface area (Å²) in [6, 6.07) is 9.56. The summed E-state index contributed by atoms with van der Waals surface area (Å²) < 4.78 is 5.30. The minimum atomic E-state index is -0.727. The summed E-state index contributed by atoms with van der Waals surface area (Å²) in [5, 5.41) is 15.7. The van der Waals surface area contributed by atoms with Gasteiger partial charge in [0, 0.05) is 18.9 Å². The van der Waals surface area contributed by atoms with Crippen molar-refractivity contribution >= 4 is 35.0 Å². The van der Waals surface area contributed by atoms with E-state index < -0.39 is 12.1 Å². The molecular formula is C24H27N5O4S. The quantitative estimate of drug-likeness (QED) is 0.420. The predicted molar refractivity (Wildman–Crippen MR) is 129 cm³/mol. The van der Waals surface area contributed by atoms with Crippen LogP contribution in [-0.2, 0) is 16.1 Å². The van der Waals surface area contributed by atoms with E-state index in [1.807, 2.05) is 37.3 Å². The maximum Gasteiger partial charge on any atom is 0.407 e. The lowest BCUT2D eigenvalue weighted by Gasteiger charge is -2.25. The van der Waals surface area contributed by atoms with Crippen molar-refractivity contribution < 1.29 is 19.4 Å². The number of hydrogen-bond donors (Lipinski definition) is 3. The number of nitrogens with zero attached hydrogens (tertiary/aromatic N) is 3. The number of carbonyl (C=O) groups is 2. The zero-order chi connectivity index (χ0) is 23.9. The standard InChI is InChI=1S/C24H27N5O4S/c1-15-9-10-25-21(11-15)29-20-4-2-3-18(28-20)19-13-26-22(34-19)14-33-24(32)27-12-16-5-7-17(8-6-16)23(30)31/h2-4,9-11,13,16-17H,5-8,12,14H2,1H3,(H,27,32)(H,30,31)(H,25,28,29)/t16-,17-. The molecule has 9 nitrogen and oxygen atoms in total. The molecule has 1 aliphatic rings. The molecule has 0 saturated heterocycles. The van der Waals surface area contributed by atoms with Crippen LogP contribution in [-0.4, -0.2) is 38.7 Å². The van der Waals surface area contributed by atoms with Gasteiger partial charge in [-0.1, -0.05) is 6.07 Å². The van der Waals surface area contributed by atoms with Crippen LogP contribution in [0.25, 0.3) is 10.6 Å². The first-order chi connectivity index (χ1) is 16.5.